The van der Waals surface area contributed by atoms with Gasteiger partial charge in [-0.15, -0.1) is 0 Å². The summed E-state index contributed by atoms with van der Waals surface area (Å²) < 4.78 is 0. The second-order valence-electron chi connectivity index (χ2n) is 3.09. The van der Waals surface area contributed by atoms with Crippen LogP contribution in [0.2, 0.25) is 0 Å². The van der Waals surface area contributed by atoms with Crippen LogP contribution >= 0.6 is 0 Å². The van der Waals surface area contributed by atoms with Crippen LogP contribution in [0.15, 0.2) is 12.3 Å². The van der Waals surface area contributed by atoms with Crippen molar-refractivity contribution >= 4 is 11.8 Å². The summed E-state index contributed by atoms with van der Waals surface area (Å²) in [6.07, 6.45) is 1.75. The summed E-state index contributed by atoms with van der Waals surface area (Å²) in [7, 11) is 0. The third-order valence-electron chi connectivity index (χ3n) is 1.43. The minimum Gasteiger partial charge on any atom is -0.368 e. The van der Waals surface area contributed by atoms with Gasteiger partial charge in [0.25, 0.3) is 0 Å². The fourth-order valence-electron chi connectivity index (χ4n) is 0.978. The molecule has 13 heavy (non-hydrogen) atoms. The smallest absolute Gasteiger partial charge is 0.224 e. The Morgan fingerprint density at radius 1 is 1.46 bits per heavy atom. The zero-order chi connectivity index (χ0) is 9.68. The van der Waals surface area contributed by atoms with Gasteiger partial charge in [-0.1, -0.05) is 0 Å². The molecule has 0 fully saturated rings. The molecule has 0 atom stereocenters. The van der Waals surface area contributed by atoms with Crippen LogP contribution in [0.4, 0.5) is 11.8 Å². The normalized spacial score (nSPS) is 10.2. The maximum atomic E-state index is 4.27. The highest BCUT2D eigenvalue weighted by molar-refractivity contribution is 5.39. The molecular formula is C9H16N4. The van der Waals surface area contributed by atoms with Gasteiger partial charge in [-0.3, -0.25) is 0 Å². The Kier molecular flexibility index (Phi) is 3.49. The molecule has 0 aliphatic carbocycles. The van der Waals surface area contributed by atoms with Crippen molar-refractivity contribution < 1.29 is 0 Å². The van der Waals surface area contributed by atoms with Crippen LogP contribution in [0.25, 0.3) is 0 Å². The first-order chi connectivity index (χ1) is 6.22. The van der Waals surface area contributed by atoms with Gasteiger partial charge in [-0.2, -0.15) is 4.98 Å². The minimum atomic E-state index is 0.393. The summed E-state index contributed by atoms with van der Waals surface area (Å²) in [6, 6.07) is 2.25. The van der Waals surface area contributed by atoms with Gasteiger partial charge in [0.2, 0.25) is 5.95 Å². The second-order valence-corrected chi connectivity index (χ2v) is 3.09. The van der Waals surface area contributed by atoms with Gasteiger partial charge in [-0.05, 0) is 26.8 Å². The molecule has 4 heteroatoms. The third kappa shape index (κ3) is 3.27. The van der Waals surface area contributed by atoms with E-state index in [9.17, 15) is 0 Å². The SMILES string of the molecule is CCNc1nccc(NC(C)C)n1. The zero-order valence-corrected chi connectivity index (χ0v) is 8.33. The van der Waals surface area contributed by atoms with E-state index in [1.807, 2.05) is 13.0 Å². The number of rotatable bonds is 4. The monoisotopic (exact) mass is 180 g/mol. The van der Waals surface area contributed by atoms with Crippen molar-refractivity contribution in [1.29, 1.82) is 0 Å². The van der Waals surface area contributed by atoms with Crippen LogP contribution in [-0.4, -0.2) is 22.6 Å². The molecule has 2 N–H and O–H groups in total. The molecule has 0 saturated heterocycles. The van der Waals surface area contributed by atoms with E-state index in [1.54, 1.807) is 6.20 Å². The lowest BCUT2D eigenvalue weighted by Crippen LogP contribution is -2.12. The van der Waals surface area contributed by atoms with Crippen molar-refractivity contribution in [3.8, 4) is 0 Å². The molecule has 0 unspecified atom stereocenters. The van der Waals surface area contributed by atoms with E-state index >= 15 is 0 Å². The van der Waals surface area contributed by atoms with E-state index in [1.165, 1.54) is 0 Å². The first-order valence-electron chi connectivity index (χ1n) is 4.56. The molecule has 0 radical (unpaired) electrons. The summed E-state index contributed by atoms with van der Waals surface area (Å²) in [4.78, 5) is 8.34. The maximum Gasteiger partial charge on any atom is 0.224 e. The van der Waals surface area contributed by atoms with E-state index in [2.05, 4.69) is 34.4 Å². The van der Waals surface area contributed by atoms with Gasteiger partial charge in [-0.25, -0.2) is 4.98 Å². The number of nitrogens with one attached hydrogen (secondary N) is 2. The number of anilines is 2. The Bertz CT molecular complexity index is 260. The van der Waals surface area contributed by atoms with Crippen LogP contribution in [0.1, 0.15) is 20.8 Å². The summed E-state index contributed by atoms with van der Waals surface area (Å²) >= 11 is 0. The summed E-state index contributed by atoms with van der Waals surface area (Å²) in [5, 5.41) is 6.27. The van der Waals surface area contributed by atoms with E-state index in [-0.39, 0.29) is 0 Å². The molecule has 0 saturated carbocycles. The lowest BCUT2D eigenvalue weighted by molar-refractivity contribution is 0.886. The topological polar surface area (TPSA) is 49.8 Å². The van der Waals surface area contributed by atoms with Crippen LogP contribution < -0.4 is 10.6 Å². The predicted molar refractivity (Wildman–Crippen MR) is 55.0 cm³/mol. The van der Waals surface area contributed by atoms with Gasteiger partial charge >= 0.3 is 0 Å². The van der Waals surface area contributed by atoms with E-state index in [0.717, 1.165) is 12.4 Å². The summed E-state index contributed by atoms with van der Waals surface area (Å²) in [5.41, 5.74) is 0. The highest BCUT2D eigenvalue weighted by Gasteiger charge is 1.98. The Labute approximate surface area is 78.8 Å². The third-order valence-corrected chi connectivity index (χ3v) is 1.43. The molecule has 1 aromatic rings. The Morgan fingerprint density at radius 3 is 2.85 bits per heavy atom. The van der Waals surface area contributed by atoms with Crippen LogP contribution in [0, 0.1) is 0 Å². The predicted octanol–water partition coefficient (Wildman–Crippen LogP) is 1.73. The molecule has 0 aromatic carbocycles. The Balaban J connectivity index is 2.67. The summed E-state index contributed by atoms with van der Waals surface area (Å²) in [6.45, 7) is 7.01. The molecule has 0 amide bonds. The van der Waals surface area contributed by atoms with Crippen molar-refractivity contribution in [3.63, 3.8) is 0 Å². The lowest BCUT2D eigenvalue weighted by atomic mass is 10.4. The molecule has 1 aromatic heterocycles. The van der Waals surface area contributed by atoms with Crippen molar-refractivity contribution in [1.82, 2.24) is 9.97 Å². The van der Waals surface area contributed by atoms with E-state index in [4.69, 9.17) is 0 Å². The average Bonchev–Trinajstić information content (AvgIpc) is 2.04. The van der Waals surface area contributed by atoms with Gasteiger partial charge in [0.05, 0.1) is 0 Å². The highest BCUT2D eigenvalue weighted by Crippen LogP contribution is 2.06. The highest BCUT2D eigenvalue weighted by atomic mass is 15.1. The Morgan fingerprint density at radius 2 is 2.23 bits per heavy atom. The van der Waals surface area contributed by atoms with Crippen LogP contribution in [0.5, 0.6) is 0 Å². The van der Waals surface area contributed by atoms with Crippen molar-refractivity contribution in [2.45, 2.75) is 26.8 Å². The molecular weight excluding hydrogens is 164 g/mol. The van der Waals surface area contributed by atoms with E-state index < -0.39 is 0 Å². The quantitative estimate of drug-likeness (QED) is 0.741. The molecule has 1 heterocycles. The first kappa shape index (κ1) is 9.77. The van der Waals surface area contributed by atoms with Gasteiger partial charge in [0.1, 0.15) is 5.82 Å². The second kappa shape index (κ2) is 4.64. The standard InChI is InChI=1S/C9H16N4/c1-4-10-9-11-6-5-8(13-9)12-7(2)3/h5-7H,4H2,1-3H3,(H2,10,11,12,13). The number of nitrogens with zero attached hydrogens (tertiary/aromatic N) is 2. The Hall–Kier alpha value is -1.32. The zero-order valence-electron chi connectivity index (χ0n) is 8.33. The fraction of sp³-hybridized carbons (Fsp3) is 0.556. The fourth-order valence-corrected chi connectivity index (χ4v) is 0.978. The number of hydrogen-bond donors (Lipinski definition) is 2. The molecule has 0 aliphatic rings. The lowest BCUT2D eigenvalue weighted by Gasteiger charge is -2.09. The molecule has 1 rings (SSSR count). The van der Waals surface area contributed by atoms with Gasteiger partial charge in [0.15, 0.2) is 0 Å². The molecule has 0 aliphatic heterocycles. The molecule has 72 valence electrons. The first-order valence-corrected chi connectivity index (χ1v) is 4.56. The number of aromatic nitrogens is 2. The van der Waals surface area contributed by atoms with Crippen molar-refractivity contribution in [3.05, 3.63) is 12.3 Å². The largest absolute Gasteiger partial charge is 0.368 e. The van der Waals surface area contributed by atoms with E-state index in [0.29, 0.717) is 12.0 Å². The van der Waals surface area contributed by atoms with Gasteiger partial charge < -0.3 is 10.6 Å². The van der Waals surface area contributed by atoms with Gasteiger partial charge in [0, 0.05) is 18.8 Å². The van der Waals surface area contributed by atoms with Crippen molar-refractivity contribution in [2.75, 3.05) is 17.2 Å². The molecule has 0 bridgehead atoms. The average molecular weight is 180 g/mol. The number of hydrogen-bond acceptors (Lipinski definition) is 4. The summed E-state index contributed by atoms with van der Waals surface area (Å²) in [5.74, 6) is 1.54. The van der Waals surface area contributed by atoms with Crippen LogP contribution in [-0.2, 0) is 0 Å². The maximum absolute atomic E-state index is 4.27. The van der Waals surface area contributed by atoms with Crippen molar-refractivity contribution in [2.24, 2.45) is 0 Å². The molecule has 0 spiro atoms. The molecule has 4 nitrogen and oxygen atoms in total. The van der Waals surface area contributed by atoms with Crippen LogP contribution in [0.3, 0.4) is 0 Å². The minimum absolute atomic E-state index is 0.393.